The largest absolute Gasteiger partial charge is 0.324 e. The Kier molecular flexibility index (Phi) is 6.69. The molecule has 1 aromatic rings. The van der Waals surface area contributed by atoms with Crippen LogP contribution in [0.25, 0.3) is 0 Å². The van der Waals surface area contributed by atoms with E-state index in [0.717, 1.165) is 68.6 Å². The number of carbonyl (C=O) groups excluding carboxylic acids is 1. The molecule has 0 unspecified atom stereocenters. The molecule has 0 saturated heterocycles. The zero-order valence-corrected chi connectivity index (χ0v) is 17.6. The summed E-state index contributed by atoms with van der Waals surface area (Å²) < 4.78 is 25.7. The number of nitrogens with one attached hydrogen (secondary N) is 2. The van der Waals surface area contributed by atoms with Crippen molar-refractivity contribution in [1.29, 1.82) is 0 Å². The molecule has 27 heavy (non-hydrogen) atoms. The van der Waals surface area contributed by atoms with Crippen molar-refractivity contribution in [2.75, 3.05) is 12.4 Å². The molecule has 2 aliphatic rings. The fraction of sp³-hybridized carbons (Fsp3) is 0.824. The van der Waals surface area contributed by atoms with Crippen molar-refractivity contribution < 1.29 is 13.2 Å². The molecule has 0 spiro atoms. The highest BCUT2D eigenvalue weighted by Crippen LogP contribution is 2.33. The van der Waals surface area contributed by atoms with Crippen LogP contribution in [-0.4, -0.2) is 48.7 Å². The maximum atomic E-state index is 13.1. The predicted octanol–water partition coefficient (Wildman–Crippen LogP) is 3.19. The number of carbonyl (C=O) groups is 1. The van der Waals surface area contributed by atoms with Gasteiger partial charge in [-0.2, -0.15) is 0 Å². The Morgan fingerprint density at radius 1 is 1.04 bits per heavy atom. The smallest absolute Gasteiger partial charge is 0.319 e. The van der Waals surface area contributed by atoms with Crippen molar-refractivity contribution in [1.82, 2.24) is 19.8 Å². The molecule has 8 nitrogen and oxygen atoms in total. The molecule has 1 heterocycles. The van der Waals surface area contributed by atoms with Gasteiger partial charge in [0.2, 0.25) is 9.47 Å². The summed E-state index contributed by atoms with van der Waals surface area (Å²) in [6.07, 6.45) is 9.96. The first kappa shape index (κ1) is 20.5. The molecule has 10 heteroatoms. The van der Waals surface area contributed by atoms with Crippen molar-refractivity contribution in [3.05, 3.63) is 0 Å². The summed E-state index contributed by atoms with van der Waals surface area (Å²) in [6, 6.07) is 0.328. The summed E-state index contributed by atoms with van der Waals surface area (Å²) in [5.41, 5.74) is 0. The van der Waals surface area contributed by atoms with Crippen LogP contribution in [0.4, 0.5) is 9.93 Å². The number of rotatable bonds is 5. The minimum Gasteiger partial charge on any atom is -0.319 e. The predicted molar refractivity (Wildman–Crippen MR) is 105 cm³/mol. The van der Waals surface area contributed by atoms with E-state index in [1.54, 1.807) is 0 Å². The summed E-state index contributed by atoms with van der Waals surface area (Å²) in [5.74, 6) is 0.718. The summed E-state index contributed by atoms with van der Waals surface area (Å²) in [4.78, 5) is 15.1. The van der Waals surface area contributed by atoms with Crippen LogP contribution in [-0.2, 0) is 10.0 Å². The third-order valence-corrected chi connectivity index (χ3v) is 8.32. The Morgan fingerprint density at radius 2 is 1.67 bits per heavy atom. The van der Waals surface area contributed by atoms with E-state index in [1.807, 2.05) is 4.90 Å². The van der Waals surface area contributed by atoms with Gasteiger partial charge in [-0.25, -0.2) is 17.9 Å². The molecule has 0 radical (unpaired) electrons. The molecule has 2 N–H and O–H groups in total. The molecule has 0 bridgehead atoms. The molecule has 2 aliphatic carbocycles. The number of anilines is 1. The molecule has 152 valence electrons. The van der Waals surface area contributed by atoms with Crippen LogP contribution in [0.15, 0.2) is 4.34 Å². The zero-order valence-electron chi connectivity index (χ0n) is 16.0. The molecule has 2 fully saturated rings. The molecule has 0 aromatic carbocycles. The quantitative estimate of drug-likeness (QED) is 0.719. The van der Waals surface area contributed by atoms with Crippen molar-refractivity contribution in [2.45, 2.75) is 81.1 Å². The minimum absolute atomic E-state index is 0.143. The first-order valence-electron chi connectivity index (χ1n) is 9.77. The van der Waals surface area contributed by atoms with Gasteiger partial charge in [0, 0.05) is 12.1 Å². The van der Waals surface area contributed by atoms with Crippen molar-refractivity contribution in [3.8, 4) is 0 Å². The highest BCUT2D eigenvalue weighted by atomic mass is 32.2. The van der Waals surface area contributed by atoms with Gasteiger partial charge in [0.1, 0.15) is 0 Å². The summed E-state index contributed by atoms with van der Waals surface area (Å²) in [5, 5.41) is 10.6. The van der Waals surface area contributed by atoms with Gasteiger partial charge in [0.25, 0.3) is 10.0 Å². The fourth-order valence-electron chi connectivity index (χ4n) is 4.12. The highest BCUT2D eigenvalue weighted by Gasteiger charge is 2.34. The van der Waals surface area contributed by atoms with Crippen LogP contribution in [0, 0.1) is 5.92 Å². The van der Waals surface area contributed by atoms with Gasteiger partial charge in [0.15, 0.2) is 0 Å². The molecular formula is C17H29N5O3S2. The lowest BCUT2D eigenvalue weighted by Crippen LogP contribution is -2.51. The lowest BCUT2D eigenvalue weighted by atomic mass is 9.84. The number of nitrogens with zero attached hydrogens (tertiary/aromatic N) is 3. The highest BCUT2D eigenvalue weighted by molar-refractivity contribution is 7.91. The van der Waals surface area contributed by atoms with E-state index in [1.165, 1.54) is 13.5 Å². The summed E-state index contributed by atoms with van der Waals surface area (Å²) in [7, 11) is -2.33. The third kappa shape index (κ3) is 4.97. The van der Waals surface area contributed by atoms with Gasteiger partial charge >= 0.3 is 6.03 Å². The molecule has 1 aromatic heterocycles. The average molecular weight is 416 g/mol. The maximum Gasteiger partial charge on any atom is 0.324 e. The molecule has 0 aliphatic heterocycles. The van der Waals surface area contributed by atoms with Gasteiger partial charge in [-0.1, -0.05) is 37.5 Å². The second kappa shape index (κ2) is 8.83. The van der Waals surface area contributed by atoms with Gasteiger partial charge in [-0.3, -0.25) is 5.32 Å². The molecule has 3 rings (SSSR count). The standard InChI is InChI=1S/C17H29N5O3S2/c1-12-8-10-14(11-9-12)22(13-6-4-3-5-7-13)16(23)19-15-20-21-17(26-15)27(24,25)18-2/h12-14,18H,3-11H2,1-2H3,(H,19,20,23). The summed E-state index contributed by atoms with van der Waals surface area (Å²) in [6.45, 7) is 2.27. The monoisotopic (exact) mass is 415 g/mol. The van der Waals surface area contributed by atoms with Gasteiger partial charge < -0.3 is 4.90 Å². The maximum absolute atomic E-state index is 13.1. The molecule has 2 amide bonds. The average Bonchev–Trinajstić information content (AvgIpc) is 3.14. The van der Waals surface area contributed by atoms with Crippen LogP contribution in [0.5, 0.6) is 0 Å². The number of amides is 2. The van der Waals surface area contributed by atoms with E-state index in [2.05, 4.69) is 27.2 Å². The zero-order chi connectivity index (χ0) is 19.4. The van der Waals surface area contributed by atoms with E-state index in [-0.39, 0.29) is 27.6 Å². The second-order valence-electron chi connectivity index (χ2n) is 7.62. The normalized spacial score (nSPS) is 24.5. The van der Waals surface area contributed by atoms with Crippen LogP contribution in [0.1, 0.15) is 64.7 Å². The van der Waals surface area contributed by atoms with E-state index in [4.69, 9.17) is 0 Å². The molecule has 0 atom stereocenters. The number of hydrogen-bond donors (Lipinski definition) is 2. The number of urea groups is 1. The molecule has 2 saturated carbocycles. The number of hydrogen-bond acceptors (Lipinski definition) is 6. The van der Waals surface area contributed by atoms with Crippen molar-refractivity contribution >= 4 is 32.5 Å². The van der Waals surface area contributed by atoms with Crippen LogP contribution >= 0.6 is 11.3 Å². The Hall–Kier alpha value is -1.26. The van der Waals surface area contributed by atoms with E-state index in [0.29, 0.717) is 0 Å². The Morgan fingerprint density at radius 3 is 2.30 bits per heavy atom. The van der Waals surface area contributed by atoms with Crippen molar-refractivity contribution in [3.63, 3.8) is 0 Å². The first-order chi connectivity index (χ1) is 12.9. The Bertz CT molecular complexity index is 738. The van der Waals surface area contributed by atoms with Crippen LogP contribution in [0.2, 0.25) is 0 Å². The first-order valence-corrected chi connectivity index (χ1v) is 12.1. The third-order valence-electron chi connectivity index (χ3n) is 5.70. The second-order valence-corrected chi connectivity index (χ2v) is 10.7. The Balaban J connectivity index is 1.74. The lowest BCUT2D eigenvalue weighted by molar-refractivity contribution is 0.105. The van der Waals surface area contributed by atoms with Gasteiger partial charge in [-0.05, 0) is 51.5 Å². The van der Waals surface area contributed by atoms with Gasteiger partial charge in [0.05, 0.1) is 0 Å². The van der Waals surface area contributed by atoms with E-state index in [9.17, 15) is 13.2 Å². The number of sulfonamides is 1. The molecular weight excluding hydrogens is 386 g/mol. The number of aromatic nitrogens is 2. The van der Waals surface area contributed by atoms with E-state index < -0.39 is 10.0 Å². The van der Waals surface area contributed by atoms with Crippen LogP contribution in [0.3, 0.4) is 0 Å². The van der Waals surface area contributed by atoms with Crippen molar-refractivity contribution in [2.24, 2.45) is 5.92 Å². The van der Waals surface area contributed by atoms with Crippen LogP contribution < -0.4 is 10.0 Å². The SMILES string of the molecule is CNS(=O)(=O)c1nnc(NC(=O)N(C2CCCCC2)C2CCC(C)CC2)s1. The lowest BCUT2D eigenvalue weighted by Gasteiger charge is -2.42. The summed E-state index contributed by atoms with van der Waals surface area (Å²) >= 11 is 0.873. The minimum atomic E-state index is -3.65. The fourth-order valence-corrected chi connectivity index (χ4v) is 5.84. The van der Waals surface area contributed by atoms with E-state index >= 15 is 0 Å². The Labute approximate surface area is 165 Å². The topological polar surface area (TPSA) is 104 Å². The van der Waals surface area contributed by atoms with Gasteiger partial charge in [-0.15, -0.1) is 10.2 Å².